The van der Waals surface area contributed by atoms with Crippen molar-refractivity contribution in [3.05, 3.63) is 51.0 Å². The molecule has 0 aliphatic rings. The fourth-order valence-electron chi connectivity index (χ4n) is 1.87. The maximum atomic E-state index is 12.5. The minimum atomic E-state index is -3.75. The maximum absolute atomic E-state index is 12.5. The van der Waals surface area contributed by atoms with Gasteiger partial charge in [0.25, 0.3) is 10.0 Å². The molecule has 21 heavy (non-hydrogen) atoms. The van der Waals surface area contributed by atoms with E-state index < -0.39 is 10.0 Å². The predicted octanol–water partition coefficient (Wildman–Crippen LogP) is 4.10. The SMILES string of the molecule is Cc1cc(NS(=O)(=O)c2cc(Cl)cc(N)c2C)ccc1Br. The quantitative estimate of drug-likeness (QED) is 0.776. The highest BCUT2D eigenvalue weighted by Crippen LogP contribution is 2.28. The van der Waals surface area contributed by atoms with Crippen molar-refractivity contribution in [3.63, 3.8) is 0 Å². The molecule has 0 aromatic heterocycles. The zero-order valence-electron chi connectivity index (χ0n) is 11.4. The molecule has 0 saturated carbocycles. The molecule has 0 saturated heterocycles. The number of nitrogen functional groups attached to an aromatic ring is 1. The molecule has 2 rings (SSSR count). The van der Waals surface area contributed by atoms with Crippen molar-refractivity contribution in [3.8, 4) is 0 Å². The summed E-state index contributed by atoms with van der Waals surface area (Å²) >= 11 is 9.27. The highest BCUT2D eigenvalue weighted by atomic mass is 79.9. The Hall–Kier alpha value is -1.24. The largest absolute Gasteiger partial charge is 0.398 e. The smallest absolute Gasteiger partial charge is 0.262 e. The van der Waals surface area contributed by atoms with Gasteiger partial charge in [0.2, 0.25) is 0 Å². The summed E-state index contributed by atoms with van der Waals surface area (Å²) in [6, 6.07) is 8.12. The predicted molar refractivity (Wildman–Crippen MR) is 90.3 cm³/mol. The number of rotatable bonds is 3. The van der Waals surface area contributed by atoms with Gasteiger partial charge in [0.1, 0.15) is 0 Å². The molecular weight excluding hydrogens is 376 g/mol. The van der Waals surface area contributed by atoms with Gasteiger partial charge in [-0.3, -0.25) is 4.72 Å². The molecule has 3 N–H and O–H groups in total. The van der Waals surface area contributed by atoms with E-state index in [-0.39, 0.29) is 9.92 Å². The van der Waals surface area contributed by atoms with Gasteiger partial charge in [0.05, 0.1) is 4.90 Å². The molecule has 0 fully saturated rings. The number of nitrogens with two attached hydrogens (primary N) is 1. The second kappa shape index (κ2) is 5.87. The molecule has 4 nitrogen and oxygen atoms in total. The molecule has 2 aromatic carbocycles. The molecule has 0 spiro atoms. The molecule has 0 aliphatic carbocycles. The fraction of sp³-hybridized carbons (Fsp3) is 0.143. The van der Waals surface area contributed by atoms with Crippen LogP contribution in [0, 0.1) is 13.8 Å². The number of nitrogens with one attached hydrogen (secondary N) is 1. The van der Waals surface area contributed by atoms with Crippen LogP contribution in [0.3, 0.4) is 0 Å². The lowest BCUT2D eigenvalue weighted by Gasteiger charge is -2.13. The van der Waals surface area contributed by atoms with Crippen LogP contribution in [0.4, 0.5) is 11.4 Å². The third-order valence-corrected chi connectivity index (χ3v) is 5.68. The van der Waals surface area contributed by atoms with Crippen molar-refractivity contribution >= 4 is 48.9 Å². The third kappa shape index (κ3) is 3.51. The first-order valence-corrected chi connectivity index (χ1v) is 8.71. The Morgan fingerprint density at radius 3 is 2.48 bits per heavy atom. The number of hydrogen-bond acceptors (Lipinski definition) is 3. The van der Waals surface area contributed by atoms with E-state index in [1.54, 1.807) is 25.1 Å². The van der Waals surface area contributed by atoms with Gasteiger partial charge in [-0.15, -0.1) is 0 Å². The second-order valence-corrected chi connectivity index (χ2v) is 7.63. The average Bonchev–Trinajstić information content (AvgIpc) is 2.37. The molecule has 0 bridgehead atoms. The number of aryl methyl sites for hydroxylation is 1. The van der Waals surface area contributed by atoms with Crippen molar-refractivity contribution in [2.45, 2.75) is 18.7 Å². The van der Waals surface area contributed by atoms with Crippen LogP contribution in [-0.4, -0.2) is 8.42 Å². The minimum absolute atomic E-state index is 0.0769. The van der Waals surface area contributed by atoms with Crippen LogP contribution in [-0.2, 0) is 10.0 Å². The van der Waals surface area contributed by atoms with Crippen LogP contribution in [0.2, 0.25) is 5.02 Å². The van der Waals surface area contributed by atoms with Gasteiger partial charge >= 0.3 is 0 Å². The third-order valence-electron chi connectivity index (χ3n) is 3.06. The van der Waals surface area contributed by atoms with Crippen LogP contribution < -0.4 is 10.5 Å². The first-order chi connectivity index (χ1) is 9.70. The van der Waals surface area contributed by atoms with Gasteiger partial charge in [-0.25, -0.2) is 8.42 Å². The van der Waals surface area contributed by atoms with Crippen LogP contribution >= 0.6 is 27.5 Å². The molecule has 2 aromatic rings. The van der Waals surface area contributed by atoms with E-state index in [1.165, 1.54) is 12.1 Å². The van der Waals surface area contributed by atoms with E-state index in [0.29, 0.717) is 16.9 Å². The van der Waals surface area contributed by atoms with E-state index in [0.717, 1.165) is 10.0 Å². The summed E-state index contributed by atoms with van der Waals surface area (Å²) in [4.78, 5) is 0.0769. The molecule has 0 unspecified atom stereocenters. The van der Waals surface area contributed by atoms with Crippen LogP contribution in [0.15, 0.2) is 39.7 Å². The summed E-state index contributed by atoms with van der Waals surface area (Å²) in [6.07, 6.45) is 0. The Kier molecular flexibility index (Phi) is 4.51. The van der Waals surface area contributed by atoms with Gasteiger partial charge in [-0.2, -0.15) is 0 Å². The molecule has 0 heterocycles. The Morgan fingerprint density at radius 2 is 1.86 bits per heavy atom. The van der Waals surface area contributed by atoms with E-state index >= 15 is 0 Å². The second-order valence-electron chi connectivity index (χ2n) is 4.69. The summed E-state index contributed by atoms with van der Waals surface area (Å²) in [6.45, 7) is 3.53. The lowest BCUT2D eigenvalue weighted by Crippen LogP contribution is -2.15. The van der Waals surface area contributed by atoms with Gasteiger partial charge < -0.3 is 5.73 Å². The molecule has 112 valence electrons. The monoisotopic (exact) mass is 388 g/mol. The molecule has 7 heteroatoms. The number of halogens is 2. The Morgan fingerprint density at radius 1 is 1.19 bits per heavy atom. The van der Waals surface area contributed by atoms with Gasteiger partial charge in [-0.1, -0.05) is 27.5 Å². The van der Waals surface area contributed by atoms with Gasteiger partial charge in [-0.05, 0) is 55.3 Å². The van der Waals surface area contributed by atoms with E-state index in [2.05, 4.69) is 20.7 Å². The first-order valence-electron chi connectivity index (χ1n) is 6.05. The summed E-state index contributed by atoms with van der Waals surface area (Å²) in [5.74, 6) is 0. The Bertz CT molecular complexity index is 807. The van der Waals surface area contributed by atoms with Crippen molar-refractivity contribution < 1.29 is 8.42 Å². The zero-order valence-corrected chi connectivity index (χ0v) is 14.6. The lowest BCUT2D eigenvalue weighted by atomic mass is 10.2. The standard InChI is InChI=1S/C14H14BrClN2O2S/c1-8-5-11(3-4-12(8)15)18-21(19,20)14-7-10(16)6-13(17)9(14)2/h3-7,18H,17H2,1-2H3. The van der Waals surface area contributed by atoms with Gasteiger partial charge in [0.15, 0.2) is 0 Å². The average molecular weight is 390 g/mol. The molecule has 0 atom stereocenters. The minimum Gasteiger partial charge on any atom is -0.398 e. The number of benzene rings is 2. The van der Waals surface area contributed by atoms with Crippen molar-refractivity contribution in [1.29, 1.82) is 0 Å². The Balaban J connectivity index is 2.45. The molecule has 0 radical (unpaired) electrons. The fourth-order valence-corrected chi connectivity index (χ4v) is 3.76. The summed E-state index contributed by atoms with van der Waals surface area (Å²) in [7, 11) is -3.75. The van der Waals surface area contributed by atoms with E-state index in [9.17, 15) is 8.42 Å². The van der Waals surface area contributed by atoms with Crippen molar-refractivity contribution in [2.24, 2.45) is 0 Å². The topological polar surface area (TPSA) is 72.2 Å². The van der Waals surface area contributed by atoms with Crippen LogP contribution in [0.1, 0.15) is 11.1 Å². The summed E-state index contributed by atoms with van der Waals surface area (Å²) < 4.78 is 28.4. The van der Waals surface area contributed by atoms with Crippen molar-refractivity contribution in [1.82, 2.24) is 0 Å². The van der Waals surface area contributed by atoms with Crippen LogP contribution in [0.5, 0.6) is 0 Å². The Labute approximate surface area is 137 Å². The van der Waals surface area contributed by atoms with E-state index in [4.69, 9.17) is 17.3 Å². The number of anilines is 2. The normalized spacial score (nSPS) is 11.4. The highest BCUT2D eigenvalue weighted by Gasteiger charge is 2.19. The van der Waals surface area contributed by atoms with E-state index in [1.807, 2.05) is 6.92 Å². The number of hydrogen-bond donors (Lipinski definition) is 2. The zero-order chi connectivity index (χ0) is 15.8. The lowest BCUT2D eigenvalue weighted by molar-refractivity contribution is 0.600. The van der Waals surface area contributed by atoms with Gasteiger partial charge in [0, 0.05) is 20.9 Å². The highest BCUT2D eigenvalue weighted by molar-refractivity contribution is 9.10. The summed E-state index contributed by atoms with van der Waals surface area (Å²) in [5.41, 5.74) is 8.00. The molecular formula is C14H14BrClN2O2S. The summed E-state index contributed by atoms with van der Waals surface area (Å²) in [5, 5.41) is 0.283. The molecule has 0 amide bonds. The number of sulfonamides is 1. The first kappa shape index (κ1) is 16.1. The maximum Gasteiger partial charge on any atom is 0.262 e. The van der Waals surface area contributed by atoms with Crippen molar-refractivity contribution in [2.75, 3.05) is 10.5 Å². The molecule has 0 aliphatic heterocycles. The van der Waals surface area contributed by atoms with Crippen LogP contribution in [0.25, 0.3) is 0 Å².